The van der Waals surface area contributed by atoms with Crippen LogP contribution in [0.15, 0.2) is 30.6 Å². The molecule has 0 unspecified atom stereocenters. The minimum Gasteiger partial charge on any atom is -0.267 e. The molecule has 2 aromatic heterocycles. The summed E-state index contributed by atoms with van der Waals surface area (Å²) in [6, 6.07) is 5.43. The molecule has 18 heavy (non-hydrogen) atoms. The van der Waals surface area contributed by atoms with Crippen molar-refractivity contribution in [1.29, 1.82) is 0 Å². The molecule has 0 aromatic carbocycles. The molecular formula is C11H14N4O2S. The largest absolute Gasteiger partial charge is 0.267 e. The molecule has 0 aliphatic heterocycles. The Bertz CT molecular complexity index is 607. The van der Waals surface area contributed by atoms with Crippen LogP contribution >= 0.6 is 0 Å². The summed E-state index contributed by atoms with van der Waals surface area (Å²) >= 11 is 0. The van der Waals surface area contributed by atoms with Gasteiger partial charge < -0.3 is 0 Å². The Labute approximate surface area is 106 Å². The molecule has 7 heteroatoms. The van der Waals surface area contributed by atoms with Crippen LogP contribution in [-0.4, -0.2) is 29.4 Å². The quantitative estimate of drug-likeness (QED) is 0.848. The van der Waals surface area contributed by atoms with Crippen LogP contribution in [0.3, 0.4) is 0 Å². The Hall–Kier alpha value is -1.89. The SMILES string of the molecule is Cc1cn[nH]c1NS(=O)(=O)CCc1ccccn1. The first kappa shape index (κ1) is 12.6. The van der Waals surface area contributed by atoms with Crippen LogP contribution in [0.25, 0.3) is 0 Å². The molecule has 0 amide bonds. The van der Waals surface area contributed by atoms with Crippen molar-refractivity contribution in [2.24, 2.45) is 0 Å². The Balaban J connectivity index is 1.98. The minimum absolute atomic E-state index is 0.0114. The number of anilines is 1. The first-order valence-electron chi connectivity index (χ1n) is 5.47. The molecule has 96 valence electrons. The van der Waals surface area contributed by atoms with E-state index in [2.05, 4.69) is 19.9 Å². The van der Waals surface area contributed by atoms with Crippen LogP contribution in [0.2, 0.25) is 0 Å². The van der Waals surface area contributed by atoms with E-state index in [-0.39, 0.29) is 5.75 Å². The summed E-state index contributed by atoms with van der Waals surface area (Å²) in [5.74, 6) is 0.402. The van der Waals surface area contributed by atoms with Crippen molar-refractivity contribution in [1.82, 2.24) is 15.2 Å². The van der Waals surface area contributed by atoms with Crippen LogP contribution in [0.4, 0.5) is 5.82 Å². The zero-order valence-corrected chi connectivity index (χ0v) is 10.7. The average molecular weight is 266 g/mol. The molecule has 2 heterocycles. The second kappa shape index (κ2) is 5.18. The number of rotatable bonds is 5. The zero-order chi connectivity index (χ0) is 13.0. The maximum atomic E-state index is 11.8. The van der Waals surface area contributed by atoms with Crippen molar-refractivity contribution in [3.05, 3.63) is 41.9 Å². The zero-order valence-electron chi connectivity index (χ0n) is 9.92. The maximum absolute atomic E-state index is 11.8. The summed E-state index contributed by atoms with van der Waals surface area (Å²) in [5, 5.41) is 6.36. The minimum atomic E-state index is -3.39. The van der Waals surface area contributed by atoms with E-state index in [9.17, 15) is 8.42 Å². The van der Waals surface area contributed by atoms with Gasteiger partial charge in [-0.2, -0.15) is 5.10 Å². The van der Waals surface area contributed by atoms with E-state index >= 15 is 0 Å². The number of hydrogen-bond donors (Lipinski definition) is 2. The molecule has 2 N–H and O–H groups in total. The fraction of sp³-hybridized carbons (Fsp3) is 0.273. The highest BCUT2D eigenvalue weighted by Gasteiger charge is 2.13. The molecule has 6 nitrogen and oxygen atoms in total. The Morgan fingerprint density at radius 2 is 2.22 bits per heavy atom. The molecule has 0 saturated carbocycles. The smallest absolute Gasteiger partial charge is 0.234 e. The number of hydrogen-bond acceptors (Lipinski definition) is 4. The highest BCUT2D eigenvalue weighted by atomic mass is 32.2. The molecule has 2 aromatic rings. The van der Waals surface area contributed by atoms with Crippen molar-refractivity contribution in [3.8, 4) is 0 Å². The molecule has 0 radical (unpaired) electrons. The van der Waals surface area contributed by atoms with E-state index in [0.29, 0.717) is 12.2 Å². The molecule has 0 saturated heterocycles. The lowest BCUT2D eigenvalue weighted by Gasteiger charge is -2.06. The van der Waals surface area contributed by atoms with Crippen molar-refractivity contribution < 1.29 is 8.42 Å². The lowest BCUT2D eigenvalue weighted by Crippen LogP contribution is -2.19. The number of sulfonamides is 1. The highest BCUT2D eigenvalue weighted by molar-refractivity contribution is 7.92. The van der Waals surface area contributed by atoms with Gasteiger partial charge in [0.15, 0.2) is 0 Å². The van der Waals surface area contributed by atoms with E-state index < -0.39 is 10.0 Å². The second-order valence-corrected chi connectivity index (χ2v) is 5.76. The van der Waals surface area contributed by atoms with E-state index in [1.165, 1.54) is 0 Å². The van der Waals surface area contributed by atoms with Crippen molar-refractivity contribution in [2.75, 3.05) is 10.5 Å². The van der Waals surface area contributed by atoms with Gasteiger partial charge in [-0.3, -0.25) is 14.8 Å². The number of H-pyrrole nitrogens is 1. The third kappa shape index (κ3) is 3.30. The van der Waals surface area contributed by atoms with Gasteiger partial charge in [-0.25, -0.2) is 8.42 Å². The second-order valence-electron chi connectivity index (χ2n) is 3.92. The summed E-state index contributed by atoms with van der Waals surface area (Å²) in [7, 11) is -3.39. The highest BCUT2D eigenvalue weighted by Crippen LogP contribution is 2.11. The number of aromatic amines is 1. The van der Waals surface area contributed by atoms with Crippen LogP contribution < -0.4 is 4.72 Å². The van der Waals surface area contributed by atoms with E-state index in [1.807, 2.05) is 6.07 Å². The van der Waals surface area contributed by atoms with Crippen molar-refractivity contribution >= 4 is 15.8 Å². The Morgan fingerprint density at radius 3 is 2.83 bits per heavy atom. The fourth-order valence-corrected chi connectivity index (χ4v) is 2.54. The lowest BCUT2D eigenvalue weighted by atomic mass is 10.3. The number of pyridine rings is 1. The molecule has 0 aliphatic carbocycles. The fourth-order valence-electron chi connectivity index (χ4n) is 1.44. The average Bonchev–Trinajstić information content (AvgIpc) is 2.73. The van der Waals surface area contributed by atoms with Gasteiger partial charge in [0.25, 0.3) is 0 Å². The first-order chi connectivity index (χ1) is 8.57. The van der Waals surface area contributed by atoms with Crippen molar-refractivity contribution in [2.45, 2.75) is 13.3 Å². The van der Waals surface area contributed by atoms with Crippen LogP contribution in [0, 0.1) is 6.92 Å². The summed E-state index contributed by atoms with van der Waals surface area (Å²) in [6.45, 7) is 1.78. The third-order valence-corrected chi connectivity index (χ3v) is 3.70. The summed E-state index contributed by atoms with van der Waals surface area (Å²) in [4.78, 5) is 4.08. The lowest BCUT2D eigenvalue weighted by molar-refractivity contribution is 0.600. The Morgan fingerprint density at radius 1 is 1.39 bits per heavy atom. The number of nitrogens with zero attached hydrogens (tertiary/aromatic N) is 2. The number of aromatic nitrogens is 3. The van der Waals surface area contributed by atoms with E-state index in [0.717, 1.165) is 11.3 Å². The Kier molecular flexibility index (Phi) is 3.61. The molecular weight excluding hydrogens is 252 g/mol. The van der Waals surface area contributed by atoms with Crippen LogP contribution in [0.1, 0.15) is 11.3 Å². The predicted molar refractivity (Wildman–Crippen MR) is 68.7 cm³/mol. The van der Waals surface area contributed by atoms with Gasteiger partial charge in [-0.05, 0) is 19.1 Å². The van der Waals surface area contributed by atoms with Gasteiger partial charge in [-0.1, -0.05) is 6.07 Å². The van der Waals surface area contributed by atoms with E-state index in [4.69, 9.17) is 0 Å². The molecule has 0 bridgehead atoms. The van der Waals surface area contributed by atoms with Crippen LogP contribution in [-0.2, 0) is 16.4 Å². The van der Waals surface area contributed by atoms with Crippen molar-refractivity contribution in [3.63, 3.8) is 0 Å². The molecule has 0 atom stereocenters. The van der Waals surface area contributed by atoms with Gasteiger partial charge in [0.2, 0.25) is 10.0 Å². The monoisotopic (exact) mass is 266 g/mol. The van der Waals surface area contributed by atoms with Gasteiger partial charge in [0, 0.05) is 23.9 Å². The molecule has 0 fully saturated rings. The van der Waals surface area contributed by atoms with Gasteiger partial charge in [0.1, 0.15) is 5.82 Å². The maximum Gasteiger partial charge on any atom is 0.234 e. The molecule has 2 rings (SSSR count). The third-order valence-electron chi connectivity index (χ3n) is 2.44. The standard InChI is InChI=1S/C11H14N4O2S/c1-9-8-13-14-11(9)15-18(16,17)7-5-10-4-2-3-6-12-10/h2-4,6,8H,5,7H2,1H3,(H2,13,14,15). The van der Waals surface area contributed by atoms with Gasteiger partial charge in [0.05, 0.1) is 11.9 Å². The summed E-state index contributed by atoms with van der Waals surface area (Å²) in [6.07, 6.45) is 3.59. The summed E-state index contributed by atoms with van der Waals surface area (Å²) < 4.78 is 26.1. The molecule has 0 spiro atoms. The first-order valence-corrected chi connectivity index (χ1v) is 7.12. The van der Waals surface area contributed by atoms with Gasteiger partial charge >= 0.3 is 0 Å². The number of aryl methyl sites for hydroxylation is 2. The predicted octanol–water partition coefficient (Wildman–Crippen LogP) is 1.10. The topological polar surface area (TPSA) is 87.7 Å². The van der Waals surface area contributed by atoms with Crippen LogP contribution in [0.5, 0.6) is 0 Å². The van der Waals surface area contributed by atoms with E-state index in [1.54, 1.807) is 31.5 Å². The molecule has 0 aliphatic rings. The van der Waals surface area contributed by atoms with Gasteiger partial charge in [-0.15, -0.1) is 0 Å². The number of nitrogens with one attached hydrogen (secondary N) is 2. The summed E-state index contributed by atoms with van der Waals surface area (Å²) in [5.41, 5.74) is 1.51. The normalized spacial score (nSPS) is 11.4.